The number of methoxy groups -OCH3 is 1. The Bertz CT molecular complexity index is 697. The zero-order valence-corrected chi connectivity index (χ0v) is 21.1. The van der Waals surface area contributed by atoms with E-state index in [9.17, 15) is 9.18 Å². The first-order valence-corrected chi connectivity index (χ1v) is 10.7. The summed E-state index contributed by atoms with van der Waals surface area (Å²) in [6, 6.07) is 4.50. The maximum Gasteiger partial charge on any atom is 0.251 e. The molecule has 9 heteroatoms. The number of carbonyl (C=O) groups is 1. The zero-order chi connectivity index (χ0) is 21.8. The van der Waals surface area contributed by atoms with Crippen molar-refractivity contribution in [2.45, 2.75) is 39.2 Å². The minimum atomic E-state index is -0.374. The Morgan fingerprint density at radius 3 is 2.65 bits per heavy atom. The summed E-state index contributed by atoms with van der Waals surface area (Å²) in [4.78, 5) is 19.0. The van der Waals surface area contributed by atoms with Crippen LogP contribution in [0.5, 0.6) is 0 Å². The zero-order valence-electron chi connectivity index (χ0n) is 18.8. The predicted molar refractivity (Wildman–Crippen MR) is 132 cm³/mol. The van der Waals surface area contributed by atoms with Crippen LogP contribution in [0.3, 0.4) is 0 Å². The molecule has 1 aromatic carbocycles. The van der Waals surface area contributed by atoms with Gasteiger partial charge in [0.05, 0.1) is 12.6 Å². The molecule has 1 fully saturated rings. The van der Waals surface area contributed by atoms with Crippen molar-refractivity contribution in [3.8, 4) is 0 Å². The van der Waals surface area contributed by atoms with Crippen LogP contribution in [0, 0.1) is 12.7 Å². The number of benzene rings is 1. The lowest BCUT2D eigenvalue weighted by atomic mass is 10.1. The number of piperidine rings is 1. The first-order valence-electron chi connectivity index (χ1n) is 10.7. The number of nitrogens with zero attached hydrogens (tertiary/aromatic N) is 2. The van der Waals surface area contributed by atoms with E-state index in [4.69, 9.17) is 9.47 Å². The Morgan fingerprint density at radius 2 is 2.00 bits per heavy atom. The van der Waals surface area contributed by atoms with Crippen LogP contribution in [0.4, 0.5) is 4.39 Å². The average molecular weight is 550 g/mol. The van der Waals surface area contributed by atoms with Crippen molar-refractivity contribution in [3.05, 3.63) is 35.1 Å². The van der Waals surface area contributed by atoms with E-state index >= 15 is 0 Å². The van der Waals surface area contributed by atoms with Gasteiger partial charge in [0.15, 0.2) is 5.96 Å². The van der Waals surface area contributed by atoms with Gasteiger partial charge in [0.2, 0.25) is 0 Å². The molecule has 1 heterocycles. The van der Waals surface area contributed by atoms with Crippen LogP contribution in [0.2, 0.25) is 0 Å². The van der Waals surface area contributed by atoms with E-state index in [1.807, 2.05) is 6.92 Å². The minimum absolute atomic E-state index is 0. The molecule has 0 bridgehead atoms. The number of nitrogens with one attached hydrogen (secondary N) is 2. The molecule has 0 atom stereocenters. The normalized spacial score (nSPS) is 14.8. The number of amides is 1. The van der Waals surface area contributed by atoms with Crippen LogP contribution in [-0.4, -0.2) is 75.9 Å². The summed E-state index contributed by atoms with van der Waals surface area (Å²) in [5.74, 6) is 0.188. The van der Waals surface area contributed by atoms with Crippen molar-refractivity contribution >= 4 is 35.8 Å². The molecule has 1 saturated heterocycles. The highest BCUT2D eigenvalue weighted by atomic mass is 127. The second-order valence-corrected chi connectivity index (χ2v) is 7.36. The molecule has 7 nitrogen and oxygen atoms in total. The Kier molecular flexibility index (Phi) is 13.7. The largest absolute Gasteiger partial charge is 0.385 e. The predicted octanol–water partition coefficient (Wildman–Crippen LogP) is 2.96. The topological polar surface area (TPSA) is 75.2 Å². The molecule has 1 aliphatic heterocycles. The van der Waals surface area contributed by atoms with Crippen LogP contribution in [0.1, 0.15) is 42.1 Å². The second-order valence-electron chi connectivity index (χ2n) is 7.36. The molecule has 0 aliphatic carbocycles. The van der Waals surface area contributed by atoms with E-state index in [1.165, 1.54) is 6.07 Å². The number of ether oxygens (including phenoxy) is 2. The summed E-state index contributed by atoms with van der Waals surface area (Å²) in [5, 5.41) is 6.11. The number of aryl methyl sites for hydroxylation is 1. The van der Waals surface area contributed by atoms with Gasteiger partial charge in [-0.3, -0.25) is 9.79 Å². The van der Waals surface area contributed by atoms with Crippen LogP contribution >= 0.6 is 24.0 Å². The molecule has 0 radical (unpaired) electrons. The lowest BCUT2D eigenvalue weighted by Crippen LogP contribution is -2.47. The third kappa shape index (κ3) is 9.69. The summed E-state index contributed by atoms with van der Waals surface area (Å²) >= 11 is 0. The van der Waals surface area contributed by atoms with Crippen LogP contribution in [-0.2, 0) is 9.47 Å². The molecule has 0 aromatic heterocycles. The fourth-order valence-corrected chi connectivity index (χ4v) is 3.28. The molecule has 2 N–H and O–H groups in total. The van der Waals surface area contributed by atoms with E-state index in [0.717, 1.165) is 58.1 Å². The van der Waals surface area contributed by atoms with E-state index in [1.54, 1.807) is 26.2 Å². The molecule has 0 spiro atoms. The van der Waals surface area contributed by atoms with Gasteiger partial charge in [0.25, 0.3) is 5.91 Å². The van der Waals surface area contributed by atoms with Crippen molar-refractivity contribution < 1.29 is 18.7 Å². The third-order valence-electron chi connectivity index (χ3n) is 5.02. The smallest absolute Gasteiger partial charge is 0.251 e. The number of halogens is 2. The highest BCUT2D eigenvalue weighted by molar-refractivity contribution is 14.0. The van der Waals surface area contributed by atoms with Gasteiger partial charge in [-0.25, -0.2) is 4.39 Å². The van der Waals surface area contributed by atoms with Gasteiger partial charge >= 0.3 is 0 Å². The second kappa shape index (κ2) is 15.4. The van der Waals surface area contributed by atoms with Crippen molar-refractivity contribution in [1.82, 2.24) is 15.5 Å². The molecule has 1 aliphatic rings. The van der Waals surface area contributed by atoms with E-state index in [2.05, 4.69) is 20.5 Å². The monoisotopic (exact) mass is 550 g/mol. The molecule has 0 saturated carbocycles. The Morgan fingerprint density at radius 1 is 1.26 bits per heavy atom. The van der Waals surface area contributed by atoms with Crippen LogP contribution < -0.4 is 10.6 Å². The van der Waals surface area contributed by atoms with Crippen molar-refractivity contribution in [2.24, 2.45) is 4.99 Å². The number of guanidine groups is 1. The summed E-state index contributed by atoms with van der Waals surface area (Å²) in [6.07, 6.45) is 3.14. The van der Waals surface area contributed by atoms with Gasteiger partial charge in [-0.2, -0.15) is 0 Å². The number of rotatable bonds is 10. The lowest BCUT2D eigenvalue weighted by Gasteiger charge is -2.34. The number of hydrogen-bond acceptors (Lipinski definition) is 4. The third-order valence-corrected chi connectivity index (χ3v) is 5.02. The molecule has 176 valence electrons. The van der Waals surface area contributed by atoms with Gasteiger partial charge < -0.3 is 25.0 Å². The maximum absolute atomic E-state index is 13.6. The lowest BCUT2D eigenvalue weighted by molar-refractivity contribution is 0.00990. The van der Waals surface area contributed by atoms with Gasteiger partial charge in [-0.1, -0.05) is 6.07 Å². The molecular weight excluding hydrogens is 514 g/mol. The van der Waals surface area contributed by atoms with Gasteiger partial charge in [0, 0.05) is 52.1 Å². The van der Waals surface area contributed by atoms with Gasteiger partial charge in [-0.05, 0) is 50.8 Å². The highest BCUT2D eigenvalue weighted by Gasteiger charge is 2.21. The highest BCUT2D eigenvalue weighted by Crippen LogP contribution is 2.14. The fraction of sp³-hybridized carbons (Fsp3) is 0.636. The summed E-state index contributed by atoms with van der Waals surface area (Å²) in [6.45, 7) is 8.56. The summed E-state index contributed by atoms with van der Waals surface area (Å²) < 4.78 is 24.6. The van der Waals surface area contributed by atoms with E-state index in [0.29, 0.717) is 24.2 Å². The SMILES string of the molecule is CCNC(=NCCNC(=O)c1ccc(C)c(F)c1)N1CCC(OCCCOC)CC1.I. The standard InChI is InChI=1S/C22H35FN4O3.HI/c1-4-24-22(27-12-8-19(9-13-27)30-15-5-14-29-3)26-11-10-25-21(28)18-7-6-17(2)20(23)16-18;/h6-7,16,19H,4-5,8-15H2,1-3H3,(H,24,26)(H,25,28);1H. The first-order chi connectivity index (χ1) is 14.5. The number of likely N-dealkylation sites (tertiary alicyclic amines) is 1. The Labute approximate surface area is 202 Å². The van der Waals surface area contributed by atoms with E-state index < -0.39 is 0 Å². The van der Waals surface area contributed by atoms with Crippen molar-refractivity contribution in [3.63, 3.8) is 0 Å². The molecule has 1 aromatic rings. The molecule has 1 amide bonds. The summed E-state index contributed by atoms with van der Waals surface area (Å²) in [5.41, 5.74) is 0.845. The molecule has 2 rings (SSSR count). The fourth-order valence-electron chi connectivity index (χ4n) is 3.28. The van der Waals surface area contributed by atoms with Crippen molar-refractivity contribution in [1.29, 1.82) is 0 Å². The quantitative estimate of drug-likeness (QED) is 0.203. The van der Waals surface area contributed by atoms with Crippen molar-refractivity contribution in [2.75, 3.05) is 53.0 Å². The van der Waals surface area contributed by atoms with Gasteiger partial charge in [-0.15, -0.1) is 24.0 Å². The molecular formula is C22H36FIN4O3. The molecule has 0 unspecified atom stereocenters. The van der Waals surface area contributed by atoms with Crippen LogP contribution in [0.25, 0.3) is 0 Å². The Balaban J connectivity index is 0.00000480. The maximum atomic E-state index is 13.6. The van der Waals surface area contributed by atoms with Gasteiger partial charge in [0.1, 0.15) is 5.82 Å². The average Bonchev–Trinajstić information content (AvgIpc) is 2.75. The van der Waals surface area contributed by atoms with E-state index in [-0.39, 0.29) is 41.8 Å². The minimum Gasteiger partial charge on any atom is -0.385 e. The van der Waals surface area contributed by atoms with Crippen LogP contribution in [0.15, 0.2) is 23.2 Å². The number of hydrogen-bond donors (Lipinski definition) is 2. The summed E-state index contributed by atoms with van der Waals surface area (Å²) in [7, 11) is 1.70. The number of aliphatic imine (C=N–C) groups is 1. The molecule has 31 heavy (non-hydrogen) atoms. The first kappa shape index (κ1) is 27.6. The number of carbonyl (C=O) groups excluding carboxylic acids is 1. The Hall–Kier alpha value is -1.46.